The summed E-state index contributed by atoms with van der Waals surface area (Å²) in [6.07, 6.45) is 0. The van der Waals surface area contributed by atoms with E-state index in [-0.39, 0.29) is 29.0 Å². The van der Waals surface area contributed by atoms with E-state index in [1.165, 1.54) is 5.56 Å². The number of hydrogen-bond acceptors (Lipinski definition) is 3. The smallest absolute Gasteiger partial charge is 0.164 e. The summed E-state index contributed by atoms with van der Waals surface area (Å²) in [6.45, 7) is 14.5. The Labute approximate surface area is 141 Å². The van der Waals surface area contributed by atoms with Gasteiger partial charge in [0.2, 0.25) is 0 Å². The molecule has 0 heterocycles. The summed E-state index contributed by atoms with van der Waals surface area (Å²) in [5.74, 6) is 1.77. The van der Waals surface area contributed by atoms with Gasteiger partial charge in [0.1, 0.15) is 5.78 Å². The quantitative estimate of drug-likeness (QED) is 0.742. The summed E-state index contributed by atoms with van der Waals surface area (Å²) in [5, 5.41) is 0. The molecule has 0 aliphatic rings. The van der Waals surface area contributed by atoms with Gasteiger partial charge in [-0.2, -0.15) is 0 Å². The lowest BCUT2D eigenvalue weighted by atomic mass is 9.79. The molecule has 1 aromatic carbocycles. The lowest BCUT2D eigenvalue weighted by Crippen LogP contribution is -2.23. The maximum Gasteiger partial charge on any atom is 0.164 e. The van der Waals surface area contributed by atoms with Crippen LogP contribution in [0, 0.1) is 11.8 Å². The number of Topliss-reactive ketones (excluding diaryl/α,β-unsaturated/α-hetero) is 1. The van der Waals surface area contributed by atoms with Crippen LogP contribution in [-0.2, 0) is 10.2 Å². The molecule has 0 spiro atoms. The van der Waals surface area contributed by atoms with E-state index in [1.54, 1.807) is 14.2 Å². The van der Waals surface area contributed by atoms with E-state index < -0.39 is 0 Å². The van der Waals surface area contributed by atoms with E-state index in [4.69, 9.17) is 9.47 Å². The second-order valence-corrected chi connectivity index (χ2v) is 7.69. The Morgan fingerprint density at radius 2 is 1.57 bits per heavy atom. The predicted octanol–water partition coefficient (Wildman–Crippen LogP) is 4.97. The zero-order valence-corrected chi connectivity index (χ0v) is 16.1. The minimum atomic E-state index is -0.0659. The molecule has 0 fully saturated rings. The van der Waals surface area contributed by atoms with Crippen LogP contribution in [0.15, 0.2) is 12.1 Å². The molecule has 0 radical (unpaired) electrons. The highest BCUT2D eigenvalue weighted by molar-refractivity contribution is 5.83. The van der Waals surface area contributed by atoms with Crippen LogP contribution in [0.1, 0.15) is 65.5 Å². The molecule has 0 saturated heterocycles. The largest absolute Gasteiger partial charge is 0.493 e. The molecule has 0 aliphatic carbocycles. The Kier molecular flexibility index (Phi) is 6.26. The first-order valence-electron chi connectivity index (χ1n) is 8.34. The van der Waals surface area contributed by atoms with Crippen molar-refractivity contribution in [3.8, 4) is 11.5 Å². The molecule has 3 nitrogen and oxygen atoms in total. The minimum Gasteiger partial charge on any atom is -0.493 e. The Balaban J connectivity index is 3.45. The Hall–Kier alpha value is -1.51. The number of rotatable bonds is 6. The number of carbonyl (C=O) groups excluding carboxylic acids is 1. The van der Waals surface area contributed by atoms with Crippen molar-refractivity contribution in [2.24, 2.45) is 11.8 Å². The van der Waals surface area contributed by atoms with Crippen LogP contribution >= 0.6 is 0 Å². The molecular weight excluding hydrogens is 288 g/mol. The number of ketones is 1. The summed E-state index contributed by atoms with van der Waals surface area (Å²) in [7, 11) is 3.31. The molecule has 23 heavy (non-hydrogen) atoms. The van der Waals surface area contributed by atoms with E-state index in [0.717, 1.165) is 17.1 Å². The molecule has 0 saturated carbocycles. The van der Waals surface area contributed by atoms with Gasteiger partial charge < -0.3 is 9.47 Å². The Morgan fingerprint density at radius 3 is 1.96 bits per heavy atom. The molecule has 0 bridgehead atoms. The molecule has 130 valence electrons. The lowest BCUT2D eigenvalue weighted by molar-refractivity contribution is -0.125. The molecule has 3 heteroatoms. The van der Waals surface area contributed by atoms with Crippen LogP contribution in [0.5, 0.6) is 11.5 Å². The van der Waals surface area contributed by atoms with Crippen molar-refractivity contribution in [3.63, 3.8) is 0 Å². The van der Waals surface area contributed by atoms with Crippen molar-refractivity contribution in [1.29, 1.82) is 0 Å². The van der Waals surface area contributed by atoms with E-state index in [9.17, 15) is 4.79 Å². The van der Waals surface area contributed by atoms with Gasteiger partial charge in [-0.05, 0) is 23.0 Å². The summed E-state index contributed by atoms with van der Waals surface area (Å²) >= 11 is 0. The number of carbonyl (C=O) groups is 1. The van der Waals surface area contributed by atoms with Gasteiger partial charge in [-0.3, -0.25) is 4.79 Å². The fourth-order valence-electron chi connectivity index (χ4n) is 2.81. The summed E-state index contributed by atoms with van der Waals surface area (Å²) in [6, 6.07) is 4.19. The Morgan fingerprint density at radius 1 is 1.00 bits per heavy atom. The van der Waals surface area contributed by atoms with Crippen LogP contribution in [0.25, 0.3) is 0 Å². The van der Waals surface area contributed by atoms with Crippen molar-refractivity contribution >= 4 is 5.78 Å². The molecule has 0 N–H and O–H groups in total. The molecule has 0 amide bonds. The molecule has 1 aromatic rings. The topological polar surface area (TPSA) is 35.5 Å². The standard InChI is InChI=1S/C20H32O3/c1-12(2)18(21)14(4)13(3)16-10-15(20(5,6)7)11-17(22-8)19(16)23-9/h10-14H,1-9H3. The number of methoxy groups -OCH3 is 2. The second-order valence-electron chi connectivity index (χ2n) is 7.69. The highest BCUT2D eigenvalue weighted by Crippen LogP contribution is 2.42. The maximum atomic E-state index is 12.4. The van der Waals surface area contributed by atoms with Gasteiger partial charge in [0.15, 0.2) is 11.5 Å². The maximum absolute atomic E-state index is 12.4. The van der Waals surface area contributed by atoms with E-state index in [0.29, 0.717) is 0 Å². The number of hydrogen-bond donors (Lipinski definition) is 0. The number of benzene rings is 1. The summed E-state index contributed by atoms with van der Waals surface area (Å²) in [4.78, 5) is 12.4. The normalized spacial score (nSPS) is 14.5. The van der Waals surface area contributed by atoms with Crippen LogP contribution in [-0.4, -0.2) is 20.0 Å². The molecular formula is C20H32O3. The third-order valence-electron chi connectivity index (χ3n) is 4.63. The monoisotopic (exact) mass is 320 g/mol. The third kappa shape index (κ3) is 4.27. The highest BCUT2D eigenvalue weighted by Gasteiger charge is 2.29. The summed E-state index contributed by atoms with van der Waals surface area (Å²) < 4.78 is 11.2. The van der Waals surface area contributed by atoms with Gasteiger partial charge in [-0.1, -0.05) is 54.5 Å². The van der Waals surface area contributed by atoms with Crippen molar-refractivity contribution in [3.05, 3.63) is 23.3 Å². The van der Waals surface area contributed by atoms with Gasteiger partial charge in [0, 0.05) is 17.4 Å². The molecule has 0 aliphatic heterocycles. The van der Waals surface area contributed by atoms with Gasteiger partial charge >= 0.3 is 0 Å². The van der Waals surface area contributed by atoms with Gasteiger partial charge in [0.05, 0.1) is 14.2 Å². The second kappa shape index (κ2) is 7.37. The van der Waals surface area contributed by atoms with Gasteiger partial charge in [-0.25, -0.2) is 0 Å². The van der Waals surface area contributed by atoms with Crippen LogP contribution < -0.4 is 9.47 Å². The lowest BCUT2D eigenvalue weighted by Gasteiger charge is -2.27. The highest BCUT2D eigenvalue weighted by atomic mass is 16.5. The fourth-order valence-corrected chi connectivity index (χ4v) is 2.81. The zero-order valence-electron chi connectivity index (χ0n) is 16.1. The van der Waals surface area contributed by atoms with Crippen LogP contribution in [0.2, 0.25) is 0 Å². The molecule has 1 rings (SSSR count). The van der Waals surface area contributed by atoms with E-state index >= 15 is 0 Å². The van der Waals surface area contributed by atoms with Crippen molar-refractivity contribution < 1.29 is 14.3 Å². The molecule has 0 aromatic heterocycles. The number of ether oxygens (including phenoxy) is 2. The van der Waals surface area contributed by atoms with Crippen LogP contribution in [0.4, 0.5) is 0 Å². The zero-order chi connectivity index (χ0) is 17.9. The average molecular weight is 320 g/mol. The summed E-state index contributed by atoms with van der Waals surface area (Å²) in [5.41, 5.74) is 2.22. The molecule has 2 unspecified atom stereocenters. The van der Waals surface area contributed by atoms with Crippen molar-refractivity contribution in [2.75, 3.05) is 14.2 Å². The minimum absolute atomic E-state index is 0.000678. The van der Waals surface area contributed by atoms with Gasteiger partial charge in [-0.15, -0.1) is 0 Å². The SMILES string of the molecule is COc1cc(C(C)(C)C)cc(C(C)C(C)C(=O)C(C)C)c1OC. The fraction of sp³-hybridized carbons (Fsp3) is 0.650. The molecule has 2 atom stereocenters. The van der Waals surface area contributed by atoms with Gasteiger partial charge in [0.25, 0.3) is 0 Å². The van der Waals surface area contributed by atoms with E-state index in [1.807, 2.05) is 26.8 Å². The predicted molar refractivity (Wildman–Crippen MR) is 95.7 cm³/mol. The van der Waals surface area contributed by atoms with Crippen molar-refractivity contribution in [2.45, 2.75) is 59.8 Å². The van der Waals surface area contributed by atoms with Crippen LogP contribution in [0.3, 0.4) is 0 Å². The first-order valence-corrected chi connectivity index (χ1v) is 8.34. The first kappa shape index (κ1) is 19.5. The average Bonchev–Trinajstić information content (AvgIpc) is 2.49. The first-order chi connectivity index (χ1) is 10.5. The van der Waals surface area contributed by atoms with Crippen molar-refractivity contribution in [1.82, 2.24) is 0 Å². The third-order valence-corrected chi connectivity index (χ3v) is 4.63. The Bertz CT molecular complexity index is 553. The van der Waals surface area contributed by atoms with E-state index in [2.05, 4.69) is 33.8 Å².